The van der Waals surface area contributed by atoms with E-state index in [-0.39, 0.29) is 12.4 Å². The Morgan fingerprint density at radius 2 is 1.92 bits per heavy atom. The lowest BCUT2D eigenvalue weighted by Gasteiger charge is -2.09. The summed E-state index contributed by atoms with van der Waals surface area (Å²) >= 11 is 0. The van der Waals surface area contributed by atoms with Crippen LogP contribution in [0.4, 0.5) is 4.39 Å². The maximum absolute atomic E-state index is 13.8. The van der Waals surface area contributed by atoms with E-state index in [9.17, 15) is 14.3 Å². The molecule has 3 nitrogen and oxygen atoms in total. The molecule has 3 aromatic rings. The summed E-state index contributed by atoms with van der Waals surface area (Å²) in [4.78, 5) is 11.2. The van der Waals surface area contributed by atoms with Crippen LogP contribution in [-0.2, 0) is 24.2 Å². The minimum absolute atomic E-state index is 0.123. The van der Waals surface area contributed by atoms with E-state index in [0.29, 0.717) is 6.42 Å². The van der Waals surface area contributed by atoms with Crippen LogP contribution >= 0.6 is 0 Å². The van der Waals surface area contributed by atoms with E-state index in [0.717, 1.165) is 40.6 Å². The molecule has 0 aliphatic rings. The number of hydrogen-bond donors (Lipinski definition) is 1. The summed E-state index contributed by atoms with van der Waals surface area (Å²) in [7, 11) is 0. The number of rotatable bonds is 6. The van der Waals surface area contributed by atoms with Crippen molar-refractivity contribution in [2.45, 2.75) is 46.6 Å². The number of aryl methyl sites for hydroxylation is 2. The first-order valence-corrected chi connectivity index (χ1v) is 8.98. The molecule has 0 aliphatic heterocycles. The normalized spacial score (nSPS) is 11.2. The molecule has 2 aromatic carbocycles. The van der Waals surface area contributed by atoms with Crippen LogP contribution in [0.1, 0.15) is 41.3 Å². The van der Waals surface area contributed by atoms with Gasteiger partial charge in [-0.15, -0.1) is 0 Å². The van der Waals surface area contributed by atoms with Gasteiger partial charge in [0.05, 0.1) is 0 Å². The Labute approximate surface area is 153 Å². The standard InChI is InChI=1S/C22H24FNO2/c1-4-5-17-7-6-16(10-14(17)2)11-19-15(3)24(13-22(25)26)21-9-8-18(23)12-20(19)21/h6-10,12H,4-5,11,13H2,1-3H3,(H,25,26). The lowest BCUT2D eigenvalue weighted by molar-refractivity contribution is -0.137. The zero-order valence-corrected chi connectivity index (χ0v) is 15.5. The molecular weight excluding hydrogens is 329 g/mol. The van der Waals surface area contributed by atoms with Gasteiger partial charge in [0.2, 0.25) is 0 Å². The molecule has 0 amide bonds. The highest BCUT2D eigenvalue weighted by molar-refractivity contribution is 5.87. The molecule has 0 fully saturated rings. The minimum Gasteiger partial charge on any atom is -0.480 e. The molecule has 1 aromatic heterocycles. The van der Waals surface area contributed by atoms with Crippen LogP contribution in [0.5, 0.6) is 0 Å². The van der Waals surface area contributed by atoms with Gasteiger partial charge in [-0.3, -0.25) is 4.79 Å². The molecular formula is C22H24FNO2. The second-order valence-electron chi connectivity index (χ2n) is 6.89. The molecule has 0 bridgehead atoms. The van der Waals surface area contributed by atoms with Gasteiger partial charge in [0.1, 0.15) is 12.4 Å². The third kappa shape index (κ3) is 3.50. The fourth-order valence-electron chi connectivity index (χ4n) is 3.71. The molecule has 136 valence electrons. The van der Waals surface area contributed by atoms with E-state index in [1.807, 2.05) is 6.92 Å². The summed E-state index contributed by atoms with van der Waals surface area (Å²) in [6.07, 6.45) is 2.83. The van der Waals surface area contributed by atoms with Crippen molar-refractivity contribution in [2.75, 3.05) is 0 Å². The number of aromatic nitrogens is 1. The summed E-state index contributed by atoms with van der Waals surface area (Å²) in [6.45, 7) is 6.08. The zero-order valence-electron chi connectivity index (χ0n) is 15.5. The van der Waals surface area contributed by atoms with Gasteiger partial charge in [-0.25, -0.2) is 4.39 Å². The molecule has 0 unspecified atom stereocenters. The van der Waals surface area contributed by atoms with Crippen molar-refractivity contribution < 1.29 is 14.3 Å². The number of carboxylic acid groups (broad SMARTS) is 1. The lowest BCUT2D eigenvalue weighted by atomic mass is 9.97. The fraction of sp³-hybridized carbons (Fsp3) is 0.318. The molecule has 0 saturated heterocycles. The quantitative estimate of drug-likeness (QED) is 0.676. The van der Waals surface area contributed by atoms with Gasteiger partial charge < -0.3 is 9.67 Å². The number of fused-ring (bicyclic) bond motifs is 1. The molecule has 0 saturated carbocycles. The van der Waals surface area contributed by atoms with Crippen molar-refractivity contribution in [3.8, 4) is 0 Å². The lowest BCUT2D eigenvalue weighted by Crippen LogP contribution is -2.10. The first kappa shape index (κ1) is 18.2. The molecule has 1 heterocycles. The van der Waals surface area contributed by atoms with Gasteiger partial charge in [-0.1, -0.05) is 31.5 Å². The van der Waals surface area contributed by atoms with Crippen LogP contribution in [-0.4, -0.2) is 15.6 Å². The third-order valence-electron chi connectivity index (χ3n) is 5.02. The van der Waals surface area contributed by atoms with Crippen LogP contribution < -0.4 is 0 Å². The predicted molar refractivity (Wildman–Crippen MR) is 102 cm³/mol. The Bertz CT molecular complexity index is 972. The zero-order chi connectivity index (χ0) is 18.8. The van der Waals surface area contributed by atoms with Crippen molar-refractivity contribution in [2.24, 2.45) is 0 Å². The van der Waals surface area contributed by atoms with Crippen molar-refractivity contribution in [1.29, 1.82) is 0 Å². The molecule has 0 spiro atoms. The average molecular weight is 353 g/mol. The molecule has 0 aliphatic carbocycles. The highest BCUT2D eigenvalue weighted by Gasteiger charge is 2.17. The first-order valence-electron chi connectivity index (χ1n) is 8.98. The number of halogens is 1. The molecule has 1 N–H and O–H groups in total. The van der Waals surface area contributed by atoms with Crippen LogP contribution in [0.3, 0.4) is 0 Å². The van der Waals surface area contributed by atoms with Crippen LogP contribution in [0.2, 0.25) is 0 Å². The van der Waals surface area contributed by atoms with Crippen LogP contribution in [0.25, 0.3) is 10.9 Å². The molecule has 3 rings (SSSR count). The summed E-state index contributed by atoms with van der Waals surface area (Å²) in [5.41, 5.74) is 6.41. The first-order chi connectivity index (χ1) is 12.4. The highest BCUT2D eigenvalue weighted by Crippen LogP contribution is 2.29. The van der Waals surface area contributed by atoms with Crippen molar-refractivity contribution in [3.63, 3.8) is 0 Å². The number of aliphatic carboxylic acids is 1. The Hall–Kier alpha value is -2.62. The van der Waals surface area contributed by atoms with Gasteiger partial charge >= 0.3 is 5.97 Å². The topological polar surface area (TPSA) is 42.2 Å². The van der Waals surface area contributed by atoms with Crippen molar-refractivity contribution in [3.05, 3.63) is 70.2 Å². The maximum Gasteiger partial charge on any atom is 0.323 e. The van der Waals surface area contributed by atoms with Gasteiger partial charge in [-0.05, 0) is 67.1 Å². The SMILES string of the molecule is CCCc1ccc(Cc2c(C)n(CC(=O)O)c3ccc(F)cc23)cc1C. The fourth-order valence-corrected chi connectivity index (χ4v) is 3.71. The van der Waals surface area contributed by atoms with Crippen LogP contribution in [0.15, 0.2) is 36.4 Å². The average Bonchev–Trinajstić information content (AvgIpc) is 2.82. The number of carboxylic acids is 1. The molecule has 4 heteroatoms. The number of carbonyl (C=O) groups is 1. The van der Waals surface area contributed by atoms with Gasteiger partial charge in [0.25, 0.3) is 0 Å². The number of benzene rings is 2. The molecule has 0 atom stereocenters. The Balaban J connectivity index is 2.07. The van der Waals surface area contributed by atoms with E-state index < -0.39 is 5.97 Å². The minimum atomic E-state index is -0.902. The van der Waals surface area contributed by atoms with Crippen molar-refractivity contribution in [1.82, 2.24) is 4.57 Å². The van der Waals surface area contributed by atoms with E-state index in [1.165, 1.54) is 23.3 Å². The summed E-state index contributed by atoms with van der Waals surface area (Å²) < 4.78 is 15.6. The predicted octanol–water partition coefficient (Wildman–Crippen LogP) is 5.03. The summed E-state index contributed by atoms with van der Waals surface area (Å²) in [6, 6.07) is 11.0. The summed E-state index contributed by atoms with van der Waals surface area (Å²) in [5.74, 6) is -1.21. The van der Waals surface area contributed by atoms with Crippen molar-refractivity contribution >= 4 is 16.9 Å². The Morgan fingerprint density at radius 1 is 1.15 bits per heavy atom. The van der Waals surface area contributed by atoms with E-state index >= 15 is 0 Å². The maximum atomic E-state index is 13.8. The van der Waals surface area contributed by atoms with Gasteiger partial charge in [0.15, 0.2) is 0 Å². The monoisotopic (exact) mass is 353 g/mol. The second kappa shape index (κ2) is 7.32. The largest absolute Gasteiger partial charge is 0.480 e. The Morgan fingerprint density at radius 3 is 2.58 bits per heavy atom. The van der Waals surface area contributed by atoms with Crippen LogP contribution in [0, 0.1) is 19.7 Å². The van der Waals surface area contributed by atoms with Gasteiger partial charge in [0, 0.05) is 16.6 Å². The van der Waals surface area contributed by atoms with E-state index in [1.54, 1.807) is 10.6 Å². The number of nitrogens with zero attached hydrogens (tertiary/aromatic N) is 1. The smallest absolute Gasteiger partial charge is 0.323 e. The van der Waals surface area contributed by atoms with E-state index in [4.69, 9.17) is 0 Å². The molecule has 26 heavy (non-hydrogen) atoms. The van der Waals surface area contributed by atoms with E-state index in [2.05, 4.69) is 32.0 Å². The highest BCUT2D eigenvalue weighted by atomic mass is 19.1. The Kier molecular flexibility index (Phi) is 5.12. The number of hydrogen-bond acceptors (Lipinski definition) is 1. The summed E-state index contributed by atoms with van der Waals surface area (Å²) in [5, 5.41) is 10.0. The molecule has 0 radical (unpaired) electrons. The third-order valence-corrected chi connectivity index (χ3v) is 5.02. The second-order valence-corrected chi connectivity index (χ2v) is 6.89. The van der Waals surface area contributed by atoms with Gasteiger partial charge in [-0.2, -0.15) is 0 Å².